The first-order valence-electron chi connectivity index (χ1n) is 20.6. The average molecular weight is 742 g/mol. The van der Waals surface area contributed by atoms with Crippen molar-refractivity contribution in [2.24, 2.45) is 5.92 Å². The van der Waals surface area contributed by atoms with Crippen molar-refractivity contribution in [1.82, 2.24) is 19.5 Å². The van der Waals surface area contributed by atoms with Crippen LogP contribution < -0.4 is 21.7 Å². The fraction of sp³-hybridized carbons (Fsp3) is 0.591. The molecule has 0 fully saturated rings. The van der Waals surface area contributed by atoms with Crippen molar-refractivity contribution in [2.75, 3.05) is 12.3 Å². The fourth-order valence-corrected chi connectivity index (χ4v) is 13.9. The SMILES string of the molecule is CCCCCCCCCCCCCCCCCC(=O)OC[C@H](CC[Si](c1ccccc1)(c1ccccc1)C(C)(C)C)Cn1cnc2c(=O)[nH]c(N)nc21. The second-order valence-corrected chi connectivity index (χ2v) is 21.2. The van der Waals surface area contributed by atoms with E-state index < -0.39 is 8.07 Å². The summed E-state index contributed by atoms with van der Waals surface area (Å²) in [5, 5.41) is 2.81. The molecule has 9 heteroatoms. The van der Waals surface area contributed by atoms with Crippen LogP contribution in [0.25, 0.3) is 11.2 Å². The van der Waals surface area contributed by atoms with E-state index in [4.69, 9.17) is 10.5 Å². The van der Waals surface area contributed by atoms with Crippen molar-refractivity contribution in [3.8, 4) is 0 Å². The lowest BCUT2D eigenvalue weighted by atomic mass is 10.0. The van der Waals surface area contributed by atoms with Gasteiger partial charge in [0.05, 0.1) is 12.9 Å². The van der Waals surface area contributed by atoms with Gasteiger partial charge in [0.2, 0.25) is 5.95 Å². The Balaban J connectivity index is 1.33. The number of nitrogen functional groups attached to an aromatic ring is 1. The third kappa shape index (κ3) is 12.7. The third-order valence-corrected chi connectivity index (χ3v) is 17.4. The minimum atomic E-state index is -2.35. The monoisotopic (exact) mass is 742 g/mol. The molecule has 0 saturated heterocycles. The second-order valence-electron chi connectivity index (χ2n) is 16.2. The Morgan fingerprint density at radius 1 is 0.811 bits per heavy atom. The quantitative estimate of drug-likeness (QED) is 0.0397. The number of nitrogens with zero attached hydrogens (tertiary/aromatic N) is 3. The number of nitrogens with one attached hydrogen (secondary N) is 1. The van der Waals surface area contributed by atoms with Crippen molar-refractivity contribution in [3.63, 3.8) is 0 Å². The maximum absolute atomic E-state index is 13.1. The second kappa shape index (κ2) is 21.8. The van der Waals surface area contributed by atoms with Gasteiger partial charge in [0.1, 0.15) is 8.07 Å². The summed E-state index contributed by atoms with van der Waals surface area (Å²) in [4.78, 5) is 37.0. The standard InChI is InChI=1S/C44H67N5O3Si/c1-5-6-7-8-9-10-11-12-13-14-15-16-17-18-25-30-39(50)52-34-36(33-49-35-46-40-41(49)47-43(45)48-42(40)51)31-32-53(44(2,3)4,37-26-21-19-22-27-37)38-28-23-20-24-29-38/h19-24,26-29,35-36H,5-18,25,30-34H2,1-4H3,(H3,45,47,48,51)/t36-/m1/s1. The fourth-order valence-electron chi connectivity index (χ4n) is 8.10. The number of hydrogen-bond donors (Lipinski definition) is 2. The lowest BCUT2D eigenvalue weighted by Gasteiger charge is -2.45. The van der Waals surface area contributed by atoms with Gasteiger partial charge in [-0.2, -0.15) is 4.98 Å². The molecule has 0 aliphatic heterocycles. The first-order chi connectivity index (χ1) is 25.7. The highest BCUT2D eigenvalue weighted by atomic mass is 28.3. The van der Waals surface area contributed by atoms with Gasteiger partial charge in [-0.15, -0.1) is 0 Å². The summed E-state index contributed by atoms with van der Waals surface area (Å²) in [5.74, 6) is -0.0890. The van der Waals surface area contributed by atoms with E-state index in [1.54, 1.807) is 6.33 Å². The Kier molecular flexibility index (Phi) is 17.3. The highest BCUT2D eigenvalue weighted by Crippen LogP contribution is 2.40. The molecule has 8 nitrogen and oxygen atoms in total. The van der Waals surface area contributed by atoms with Crippen LogP contribution in [0.4, 0.5) is 5.95 Å². The summed E-state index contributed by atoms with van der Waals surface area (Å²) in [6, 6.07) is 22.9. The number of carbonyl (C=O) groups excluding carboxylic acids is 1. The van der Waals surface area contributed by atoms with Gasteiger partial charge in [0.15, 0.2) is 11.2 Å². The number of aromatic amines is 1. The van der Waals surface area contributed by atoms with Crippen LogP contribution >= 0.6 is 0 Å². The van der Waals surface area contributed by atoms with Crippen LogP contribution in [0, 0.1) is 5.92 Å². The number of benzene rings is 2. The van der Waals surface area contributed by atoms with Gasteiger partial charge in [-0.3, -0.25) is 14.6 Å². The summed E-state index contributed by atoms with van der Waals surface area (Å²) in [6.07, 6.45) is 22.3. The summed E-state index contributed by atoms with van der Waals surface area (Å²) >= 11 is 0. The molecule has 1 atom stereocenters. The number of nitrogens with two attached hydrogens (primary N) is 1. The van der Waals surface area contributed by atoms with Crippen LogP contribution in [0.1, 0.15) is 137 Å². The van der Waals surface area contributed by atoms with Crippen LogP contribution in [0.3, 0.4) is 0 Å². The lowest BCUT2D eigenvalue weighted by molar-refractivity contribution is -0.145. The number of ether oxygens (including phenoxy) is 1. The third-order valence-electron chi connectivity index (χ3n) is 11.2. The number of esters is 1. The molecule has 2 aromatic heterocycles. The van der Waals surface area contributed by atoms with E-state index in [0.29, 0.717) is 25.2 Å². The lowest BCUT2D eigenvalue weighted by Crippen LogP contribution is -2.64. The van der Waals surface area contributed by atoms with Crippen molar-refractivity contribution >= 4 is 41.5 Å². The van der Waals surface area contributed by atoms with Crippen LogP contribution in [-0.4, -0.2) is 40.2 Å². The number of aromatic nitrogens is 4. The molecule has 53 heavy (non-hydrogen) atoms. The van der Waals surface area contributed by atoms with E-state index in [-0.39, 0.29) is 33.9 Å². The summed E-state index contributed by atoms with van der Waals surface area (Å²) < 4.78 is 7.91. The van der Waals surface area contributed by atoms with Crippen molar-refractivity contribution in [1.29, 1.82) is 0 Å². The Morgan fingerprint density at radius 2 is 1.32 bits per heavy atom. The molecule has 0 bridgehead atoms. The van der Waals surface area contributed by atoms with Gasteiger partial charge in [-0.25, -0.2) is 4.98 Å². The molecule has 290 valence electrons. The number of hydrogen-bond acceptors (Lipinski definition) is 6. The smallest absolute Gasteiger partial charge is 0.305 e. The van der Waals surface area contributed by atoms with Gasteiger partial charge in [0, 0.05) is 18.9 Å². The summed E-state index contributed by atoms with van der Waals surface area (Å²) in [5.41, 5.74) is 6.29. The Labute approximate surface area is 319 Å². The molecule has 0 unspecified atom stereocenters. The van der Waals surface area contributed by atoms with E-state index in [1.807, 2.05) is 4.57 Å². The first kappa shape index (κ1) is 42.0. The Hall–Kier alpha value is -3.72. The average Bonchev–Trinajstić information content (AvgIpc) is 3.55. The van der Waals surface area contributed by atoms with Crippen LogP contribution in [0.2, 0.25) is 11.1 Å². The Bertz CT molecular complexity index is 1640. The molecule has 2 heterocycles. The highest BCUT2D eigenvalue weighted by molar-refractivity contribution is 7.04. The zero-order valence-corrected chi connectivity index (χ0v) is 34.2. The van der Waals surface area contributed by atoms with Gasteiger partial charge < -0.3 is 15.0 Å². The maximum Gasteiger partial charge on any atom is 0.305 e. The summed E-state index contributed by atoms with van der Waals surface area (Å²) in [6.45, 7) is 10.2. The maximum atomic E-state index is 13.1. The van der Waals surface area contributed by atoms with Gasteiger partial charge in [0.25, 0.3) is 5.56 Å². The van der Waals surface area contributed by atoms with E-state index >= 15 is 0 Å². The van der Waals surface area contributed by atoms with E-state index in [1.165, 1.54) is 93.8 Å². The van der Waals surface area contributed by atoms with Crippen LogP contribution in [0.15, 0.2) is 71.8 Å². The van der Waals surface area contributed by atoms with Crippen LogP contribution in [0.5, 0.6) is 0 Å². The zero-order valence-electron chi connectivity index (χ0n) is 33.2. The molecular formula is C44H67N5O3Si. The molecule has 4 aromatic rings. The topological polar surface area (TPSA) is 116 Å². The number of H-pyrrole nitrogens is 1. The van der Waals surface area contributed by atoms with Crippen molar-refractivity contribution in [2.45, 2.75) is 154 Å². The predicted molar refractivity (Wildman–Crippen MR) is 224 cm³/mol. The molecule has 0 spiro atoms. The minimum absolute atomic E-state index is 0.00941. The van der Waals surface area contributed by atoms with Crippen molar-refractivity contribution in [3.05, 3.63) is 77.3 Å². The molecule has 4 rings (SSSR count). The van der Waals surface area contributed by atoms with Crippen molar-refractivity contribution < 1.29 is 9.53 Å². The molecule has 0 aliphatic rings. The molecule has 3 N–H and O–H groups in total. The molecule has 0 radical (unpaired) electrons. The normalized spacial score (nSPS) is 12.7. The predicted octanol–water partition coefficient (Wildman–Crippen LogP) is 9.58. The van der Waals surface area contributed by atoms with Gasteiger partial charge in [-0.05, 0) is 23.9 Å². The Morgan fingerprint density at radius 3 is 1.83 bits per heavy atom. The molecule has 0 saturated carbocycles. The summed E-state index contributed by atoms with van der Waals surface area (Å²) in [7, 11) is -2.35. The molecular weight excluding hydrogens is 675 g/mol. The number of anilines is 1. The van der Waals surface area contributed by atoms with Crippen LogP contribution in [-0.2, 0) is 16.1 Å². The minimum Gasteiger partial charge on any atom is -0.465 e. The largest absolute Gasteiger partial charge is 0.465 e. The van der Waals surface area contributed by atoms with E-state index in [2.05, 4.69) is 103 Å². The van der Waals surface area contributed by atoms with Gasteiger partial charge >= 0.3 is 5.97 Å². The molecule has 0 amide bonds. The number of carbonyl (C=O) groups is 1. The number of imidazole rings is 1. The molecule has 0 aliphatic carbocycles. The highest BCUT2D eigenvalue weighted by Gasteiger charge is 2.47. The number of fused-ring (bicyclic) bond motifs is 1. The number of rotatable bonds is 25. The van der Waals surface area contributed by atoms with Gasteiger partial charge in [-0.1, -0.05) is 189 Å². The first-order valence-corrected chi connectivity index (χ1v) is 22.8. The number of unbranched alkanes of at least 4 members (excludes halogenated alkanes) is 14. The molecule has 2 aromatic carbocycles. The van der Waals surface area contributed by atoms with E-state index in [0.717, 1.165) is 25.3 Å². The van der Waals surface area contributed by atoms with E-state index in [9.17, 15) is 9.59 Å². The zero-order chi connectivity index (χ0) is 37.9.